The lowest BCUT2D eigenvalue weighted by atomic mass is 9.77. The molecule has 5 rings (SSSR count). The standard InChI is InChI=1S/C42H74N2O12.C12H12O3S.C8H19N.C7H7ClO2S.C5H6O/c1-15-17-18-19-43(12)30-20-25(4)52-39(33(30)45)56-37-26(5)34(55-32-22-41(10,51-14)36(47)29(8)53-32)27(6)38(48)54-31(16-2)42(11,50)35(46)28(7)44(13)23-24(3)21-40(37,9)49;1-3-4-5-10-15-16(13,14)12-8-6-11(2)7-9-12;1-6-9(7(2)3)8(4)5;1-6-2-4-7(5-3-6)11(8,9)10;1-2-3-4-5-6/h1,17-18,24-37,39,45-47,49-50H,16,19-23H2,2-14H3;1,4-9H,10H2,2H3;7-8H,6H2,1-5H3;2-5H,1H3;1,3-4,6H,5H2/b18-17+;5-4+;;;4-3+/t24-,25-,26+,27-,28-,29+,30+,31-,32-,33-,34+,35-,36+,37-,39+,40-,41-,42-;;;;/m1..../s1. The molecule has 0 radical (unpaired) electrons. The summed E-state index contributed by atoms with van der Waals surface area (Å²) in [4.78, 5) is 20.9. The van der Waals surface area contributed by atoms with E-state index in [-0.39, 0.29) is 60.3 Å². The number of likely N-dealkylation sites (N-methyl/N-ethyl adjacent to an activating group) is 2. The number of halogens is 1. The van der Waals surface area contributed by atoms with E-state index in [1.165, 1.54) is 62.6 Å². The van der Waals surface area contributed by atoms with E-state index in [2.05, 4.69) is 57.3 Å². The van der Waals surface area contributed by atoms with Crippen molar-refractivity contribution in [3.8, 4) is 37.0 Å². The van der Waals surface area contributed by atoms with Crippen LogP contribution in [-0.4, -0.2) is 225 Å². The van der Waals surface area contributed by atoms with Crippen LogP contribution >= 0.6 is 10.7 Å². The summed E-state index contributed by atoms with van der Waals surface area (Å²) in [6.07, 6.45) is 15.7. The second kappa shape index (κ2) is 43.4. The fourth-order valence-electron chi connectivity index (χ4n) is 12.2. The summed E-state index contributed by atoms with van der Waals surface area (Å²) in [5.41, 5.74) is -2.45. The molecule has 3 saturated heterocycles. The van der Waals surface area contributed by atoms with Crippen LogP contribution in [0.4, 0.5) is 0 Å². The third-order valence-electron chi connectivity index (χ3n) is 17.9. The summed E-state index contributed by atoms with van der Waals surface area (Å²) in [6.45, 7) is 34.5. The first-order chi connectivity index (χ1) is 45.5. The van der Waals surface area contributed by atoms with Gasteiger partial charge in [0, 0.05) is 67.4 Å². The van der Waals surface area contributed by atoms with Crippen LogP contribution in [0.3, 0.4) is 0 Å². The first kappa shape index (κ1) is 91.4. The molecule has 2 aromatic carbocycles. The highest BCUT2D eigenvalue weighted by Crippen LogP contribution is 2.40. The van der Waals surface area contributed by atoms with Gasteiger partial charge in [-0.2, -0.15) is 8.42 Å². The van der Waals surface area contributed by atoms with Gasteiger partial charge >= 0.3 is 5.97 Å². The molecule has 0 aliphatic carbocycles. The largest absolute Gasteiger partial charge is 0.459 e. The summed E-state index contributed by atoms with van der Waals surface area (Å²) in [7, 11) is 3.08. The highest BCUT2D eigenvalue weighted by Gasteiger charge is 2.53. The smallest absolute Gasteiger partial charge is 0.311 e. The molecule has 3 aliphatic heterocycles. The number of aliphatic hydroxyl groups excluding tert-OH is 4. The van der Waals surface area contributed by atoms with E-state index in [0.29, 0.717) is 31.6 Å². The maximum atomic E-state index is 14.3. The number of hydrogen-bond donors (Lipinski definition) is 6. The van der Waals surface area contributed by atoms with E-state index in [1.807, 2.05) is 64.6 Å². The fraction of sp³-hybridized carbons (Fsp3) is 0.662. The number of nitrogens with zero attached hydrogens (tertiary/aromatic N) is 3. The van der Waals surface area contributed by atoms with Crippen LogP contribution in [0.5, 0.6) is 0 Å². The van der Waals surface area contributed by atoms with Crippen molar-refractivity contribution in [2.45, 2.75) is 256 Å². The average Bonchev–Trinajstić information content (AvgIpc) is 1.01. The van der Waals surface area contributed by atoms with Gasteiger partial charge < -0.3 is 64.0 Å². The maximum Gasteiger partial charge on any atom is 0.311 e. The topological polar surface area (TPSA) is 281 Å². The summed E-state index contributed by atoms with van der Waals surface area (Å²) >= 11 is 0. The van der Waals surface area contributed by atoms with Crippen LogP contribution in [0.1, 0.15) is 141 Å². The van der Waals surface area contributed by atoms with Crippen molar-refractivity contribution in [3.05, 3.63) is 96.1 Å². The molecule has 0 unspecified atom stereocenters. The monoisotopic (exact) mass is 1440 g/mol. The molecule has 6 N–H and O–H groups in total. The van der Waals surface area contributed by atoms with Crippen LogP contribution in [-0.2, 0) is 56.6 Å². The molecule has 18 atom stereocenters. The maximum absolute atomic E-state index is 14.3. The summed E-state index contributed by atoms with van der Waals surface area (Å²) < 4.78 is 87.1. The summed E-state index contributed by atoms with van der Waals surface area (Å²) in [5.74, 6) is 4.28. The highest BCUT2D eigenvalue weighted by atomic mass is 35.7. The summed E-state index contributed by atoms with van der Waals surface area (Å²) in [6, 6.07) is 13.3. The minimum Gasteiger partial charge on any atom is -0.459 e. The lowest BCUT2D eigenvalue weighted by Gasteiger charge is -2.49. The number of aliphatic hydroxyl groups is 6. The van der Waals surface area contributed by atoms with Crippen molar-refractivity contribution in [2.24, 2.45) is 17.8 Å². The van der Waals surface area contributed by atoms with Crippen molar-refractivity contribution in [1.82, 2.24) is 14.7 Å². The SMILES string of the molecule is C#C/C=C/CN(C)[C@H]1C[C@@H](C)O[C@@H](O[C@@H]2[C@@H](C)[C@H](O[C@@H]3C[C@@](C)(OC)[C@@H](O)[C@H](C)O3)[C@@H](C)C(=O)O[C@H](CC)[C@@](C)(O)[C@H](O)[C@@H](C)N(C)C[C@H](C)C[C@@]2(C)O)[C@@H]1O.C#C/C=C/CO.C#C/C=C/COS(=O)(=O)c1ccc(C)cc1.CCN(C(C)C)C(C)C.Cc1ccc(S(=O)(=O)Cl)cc1. The number of methoxy groups -OCH3 is 1. The lowest BCUT2D eigenvalue weighted by molar-refractivity contribution is -0.318. The average molecular weight is 1440 g/mol. The van der Waals surface area contributed by atoms with E-state index in [1.54, 1.807) is 71.9 Å². The molecule has 21 nitrogen and oxygen atoms in total. The minimum absolute atomic E-state index is 0.0319. The molecule has 556 valence electrons. The highest BCUT2D eigenvalue weighted by molar-refractivity contribution is 8.13. The molecule has 3 heterocycles. The number of benzene rings is 2. The van der Waals surface area contributed by atoms with Crippen LogP contribution in [0.25, 0.3) is 0 Å². The van der Waals surface area contributed by atoms with Gasteiger partial charge in [0.1, 0.15) is 30.0 Å². The third kappa shape index (κ3) is 29.4. The number of carbonyl (C=O) groups excluding carboxylic acids is 1. The molecule has 0 saturated carbocycles. The molecule has 3 aliphatic rings. The van der Waals surface area contributed by atoms with Gasteiger partial charge in [0.15, 0.2) is 12.6 Å². The van der Waals surface area contributed by atoms with E-state index in [9.17, 15) is 47.2 Å². The van der Waals surface area contributed by atoms with Gasteiger partial charge in [-0.3, -0.25) is 18.8 Å². The zero-order valence-electron chi connectivity index (χ0n) is 61.6. The van der Waals surface area contributed by atoms with Gasteiger partial charge in [0.05, 0.1) is 64.5 Å². The second-order valence-corrected chi connectivity index (χ2v) is 31.0. The first-order valence-electron chi connectivity index (χ1n) is 33.5. The number of esters is 1. The van der Waals surface area contributed by atoms with E-state index >= 15 is 0 Å². The Balaban J connectivity index is 0.000000905. The Kier molecular flexibility index (Phi) is 40.5. The number of cyclic esters (lactones) is 1. The second-order valence-electron chi connectivity index (χ2n) is 26.9. The lowest BCUT2D eigenvalue weighted by Crippen LogP contribution is -2.60. The zero-order valence-corrected chi connectivity index (χ0v) is 64.0. The van der Waals surface area contributed by atoms with Crippen molar-refractivity contribution >= 4 is 35.8 Å². The molecule has 0 bridgehead atoms. The van der Waals surface area contributed by atoms with E-state index in [4.69, 9.17) is 67.7 Å². The number of rotatable bonds is 18. The Labute approximate surface area is 592 Å². The number of hydrogen-bond acceptors (Lipinski definition) is 21. The molecule has 0 spiro atoms. The number of terminal acetylenes is 3. The van der Waals surface area contributed by atoms with Crippen molar-refractivity contribution in [3.63, 3.8) is 0 Å². The molecular formula is C74H118ClN3O18S2. The Morgan fingerprint density at radius 3 is 1.77 bits per heavy atom. The van der Waals surface area contributed by atoms with Crippen LogP contribution in [0, 0.1) is 68.6 Å². The molecule has 2 aromatic rings. The molecule has 0 aromatic heterocycles. The predicted octanol–water partition coefficient (Wildman–Crippen LogP) is 8.57. The Hall–Kier alpha value is -4.60. The minimum atomic E-state index is -3.68. The van der Waals surface area contributed by atoms with Crippen molar-refractivity contribution in [2.75, 3.05) is 54.1 Å². The molecule has 98 heavy (non-hydrogen) atoms. The Morgan fingerprint density at radius 2 is 1.31 bits per heavy atom. The van der Waals surface area contributed by atoms with E-state index < -0.39 is 115 Å². The Bertz CT molecular complexity index is 3100. The van der Waals surface area contributed by atoms with Gasteiger partial charge in [-0.15, -0.1) is 19.3 Å². The normalized spacial score (nSPS) is 31.6. The zero-order chi connectivity index (χ0) is 75.3. The predicted molar refractivity (Wildman–Crippen MR) is 385 cm³/mol. The van der Waals surface area contributed by atoms with Gasteiger partial charge in [-0.05, 0) is 184 Å². The third-order valence-corrected chi connectivity index (χ3v) is 20.5. The first-order valence-corrected chi connectivity index (χ1v) is 37.2. The van der Waals surface area contributed by atoms with Crippen LogP contribution in [0.2, 0.25) is 0 Å². The molecule has 3 fully saturated rings. The number of allylic oxidation sites excluding steroid dienone is 3. The van der Waals surface area contributed by atoms with Gasteiger partial charge in [-0.25, -0.2) is 8.42 Å². The number of ether oxygens (including phenoxy) is 6. The fourth-order valence-corrected chi connectivity index (χ4v) is 13.9. The molecular weight excluding hydrogens is 1320 g/mol. The summed E-state index contributed by atoms with van der Waals surface area (Å²) in [5, 5.41) is 66.7. The quantitative estimate of drug-likeness (QED) is 0.0353. The van der Waals surface area contributed by atoms with Gasteiger partial charge in [-0.1, -0.05) is 93.0 Å². The number of carbonyl (C=O) groups is 1. The van der Waals surface area contributed by atoms with Crippen LogP contribution < -0.4 is 0 Å². The van der Waals surface area contributed by atoms with Gasteiger partial charge in [0.2, 0.25) is 0 Å². The van der Waals surface area contributed by atoms with Gasteiger partial charge in [0.25, 0.3) is 19.2 Å². The molecule has 24 heteroatoms. The molecule has 0 amide bonds. The van der Waals surface area contributed by atoms with E-state index in [0.717, 1.165) is 17.7 Å². The van der Waals surface area contributed by atoms with Crippen molar-refractivity contribution in [1.29, 1.82) is 0 Å². The van der Waals surface area contributed by atoms with Crippen LogP contribution in [0.15, 0.2) is 94.8 Å². The Morgan fingerprint density at radius 1 is 0.786 bits per heavy atom. The van der Waals surface area contributed by atoms with Crippen molar-refractivity contribution < 1.29 is 84.9 Å². The number of aryl methyl sites for hydroxylation is 2.